The average Bonchev–Trinajstić information content (AvgIpc) is 3.13. The summed E-state index contributed by atoms with van der Waals surface area (Å²) in [5.41, 5.74) is 2.15. The summed E-state index contributed by atoms with van der Waals surface area (Å²) in [5, 5.41) is 7.19. The fraction of sp³-hybridized carbons (Fsp3) is 0.500. The van der Waals surface area contributed by atoms with Crippen LogP contribution in [0.5, 0.6) is 0 Å². The number of anilines is 2. The third-order valence-electron chi connectivity index (χ3n) is 3.14. The van der Waals surface area contributed by atoms with Crippen LogP contribution in [-0.4, -0.2) is 42.8 Å². The first-order valence-corrected chi connectivity index (χ1v) is 7.26. The van der Waals surface area contributed by atoms with Gasteiger partial charge in [-0.05, 0) is 24.6 Å². The maximum absolute atomic E-state index is 11.4. The maximum Gasteiger partial charge on any atom is 0.343 e. The standard InChI is InChI=1S/C10H15N9OS/c1-18-9(20)16-17-10(18)21-8-13-6(15-11)12-7(14-8)19-4-2-3-5-19/h2-5,11H2,1H3,(H,16,20)(H,12,13,14,15). The largest absolute Gasteiger partial charge is 0.343 e. The highest BCUT2D eigenvalue weighted by atomic mass is 32.2. The first-order valence-electron chi connectivity index (χ1n) is 6.44. The third-order valence-corrected chi connectivity index (χ3v) is 4.06. The van der Waals surface area contributed by atoms with Crippen LogP contribution >= 0.6 is 11.8 Å². The van der Waals surface area contributed by atoms with Crippen LogP contribution in [0.3, 0.4) is 0 Å². The zero-order valence-electron chi connectivity index (χ0n) is 11.4. The molecule has 0 aromatic carbocycles. The van der Waals surface area contributed by atoms with E-state index < -0.39 is 0 Å². The maximum atomic E-state index is 11.4. The Morgan fingerprint density at radius 2 is 2.05 bits per heavy atom. The molecule has 4 N–H and O–H groups in total. The molecule has 11 heteroatoms. The molecule has 0 aliphatic carbocycles. The summed E-state index contributed by atoms with van der Waals surface area (Å²) >= 11 is 1.17. The normalized spacial score (nSPS) is 14.7. The lowest BCUT2D eigenvalue weighted by Gasteiger charge is -2.15. The van der Waals surface area contributed by atoms with E-state index in [1.54, 1.807) is 7.05 Å². The summed E-state index contributed by atoms with van der Waals surface area (Å²) in [4.78, 5) is 26.3. The van der Waals surface area contributed by atoms with Crippen molar-refractivity contribution in [3.63, 3.8) is 0 Å². The smallest absolute Gasteiger partial charge is 0.341 e. The lowest BCUT2D eigenvalue weighted by Crippen LogP contribution is -2.22. The van der Waals surface area contributed by atoms with Crippen LogP contribution in [0, 0.1) is 0 Å². The Morgan fingerprint density at radius 3 is 2.67 bits per heavy atom. The number of hydrogen-bond acceptors (Lipinski definition) is 9. The van der Waals surface area contributed by atoms with Gasteiger partial charge in [0.25, 0.3) is 0 Å². The van der Waals surface area contributed by atoms with Gasteiger partial charge in [0.05, 0.1) is 0 Å². The molecule has 0 unspecified atom stereocenters. The molecule has 10 nitrogen and oxygen atoms in total. The van der Waals surface area contributed by atoms with Crippen LogP contribution in [0.1, 0.15) is 12.8 Å². The van der Waals surface area contributed by atoms with Crippen LogP contribution < -0.4 is 21.9 Å². The predicted molar refractivity (Wildman–Crippen MR) is 77.0 cm³/mol. The van der Waals surface area contributed by atoms with Crippen molar-refractivity contribution < 1.29 is 0 Å². The minimum absolute atomic E-state index is 0.287. The number of hydrogen-bond donors (Lipinski definition) is 3. The second-order valence-corrected chi connectivity index (χ2v) is 5.49. The fourth-order valence-electron chi connectivity index (χ4n) is 2.02. The van der Waals surface area contributed by atoms with Gasteiger partial charge in [0.1, 0.15) is 0 Å². The Labute approximate surface area is 124 Å². The van der Waals surface area contributed by atoms with Gasteiger partial charge in [-0.25, -0.2) is 15.7 Å². The summed E-state index contributed by atoms with van der Waals surface area (Å²) in [6, 6.07) is 0. The topological polar surface area (TPSA) is 131 Å². The molecule has 0 radical (unpaired) electrons. The number of nitrogen functional groups attached to an aromatic ring is 1. The van der Waals surface area contributed by atoms with E-state index in [1.165, 1.54) is 16.3 Å². The second-order valence-electron chi connectivity index (χ2n) is 4.55. The number of aromatic nitrogens is 6. The van der Waals surface area contributed by atoms with Crippen molar-refractivity contribution in [1.29, 1.82) is 0 Å². The van der Waals surface area contributed by atoms with Crippen molar-refractivity contribution in [1.82, 2.24) is 29.7 Å². The number of H-pyrrole nitrogens is 1. The van der Waals surface area contributed by atoms with Crippen LogP contribution in [0.4, 0.5) is 11.9 Å². The van der Waals surface area contributed by atoms with Crippen LogP contribution in [-0.2, 0) is 7.05 Å². The van der Waals surface area contributed by atoms with Gasteiger partial charge >= 0.3 is 5.69 Å². The minimum Gasteiger partial charge on any atom is -0.341 e. The number of hydrazine groups is 1. The van der Waals surface area contributed by atoms with Crippen molar-refractivity contribution in [3.8, 4) is 0 Å². The van der Waals surface area contributed by atoms with Crippen molar-refractivity contribution in [2.45, 2.75) is 23.2 Å². The van der Waals surface area contributed by atoms with Gasteiger partial charge in [-0.2, -0.15) is 15.0 Å². The minimum atomic E-state index is -0.288. The van der Waals surface area contributed by atoms with Crippen LogP contribution in [0.25, 0.3) is 0 Å². The quantitative estimate of drug-likeness (QED) is 0.497. The number of rotatable bonds is 4. The predicted octanol–water partition coefficient (Wildman–Crippen LogP) is -0.670. The monoisotopic (exact) mass is 309 g/mol. The highest BCUT2D eigenvalue weighted by Crippen LogP contribution is 2.24. The summed E-state index contributed by atoms with van der Waals surface area (Å²) in [6.45, 7) is 1.83. The van der Waals surface area contributed by atoms with Crippen molar-refractivity contribution in [3.05, 3.63) is 10.5 Å². The summed E-state index contributed by atoms with van der Waals surface area (Å²) in [7, 11) is 1.62. The average molecular weight is 309 g/mol. The van der Waals surface area contributed by atoms with Crippen LogP contribution in [0.2, 0.25) is 0 Å². The summed E-state index contributed by atoms with van der Waals surface area (Å²) in [5.74, 6) is 6.28. The van der Waals surface area contributed by atoms with Crippen molar-refractivity contribution >= 4 is 23.7 Å². The van der Waals surface area contributed by atoms with E-state index >= 15 is 0 Å². The molecule has 1 fully saturated rings. The number of nitrogens with two attached hydrogens (primary N) is 1. The highest BCUT2D eigenvalue weighted by molar-refractivity contribution is 7.99. The lowest BCUT2D eigenvalue weighted by molar-refractivity contribution is 0.759. The van der Waals surface area contributed by atoms with Gasteiger partial charge in [0.15, 0.2) is 5.16 Å². The molecule has 0 saturated carbocycles. The Kier molecular flexibility index (Phi) is 3.75. The number of nitrogens with zero attached hydrogens (tertiary/aromatic N) is 6. The van der Waals surface area contributed by atoms with E-state index in [9.17, 15) is 4.79 Å². The number of aromatic amines is 1. The molecule has 2 aromatic heterocycles. The van der Waals surface area contributed by atoms with Gasteiger partial charge in [-0.1, -0.05) is 0 Å². The van der Waals surface area contributed by atoms with E-state index in [0.29, 0.717) is 16.3 Å². The molecule has 0 amide bonds. The van der Waals surface area contributed by atoms with Gasteiger partial charge in [0, 0.05) is 20.1 Å². The molecule has 0 spiro atoms. The molecule has 21 heavy (non-hydrogen) atoms. The molecule has 1 aliphatic rings. The molecule has 2 aromatic rings. The summed E-state index contributed by atoms with van der Waals surface area (Å²) in [6.07, 6.45) is 2.24. The molecule has 3 heterocycles. The molecular weight excluding hydrogens is 294 g/mol. The number of nitrogens with one attached hydrogen (secondary N) is 2. The Balaban J connectivity index is 1.92. The molecule has 112 valence electrons. The molecule has 1 aliphatic heterocycles. The molecule has 0 bridgehead atoms. The molecule has 3 rings (SSSR count). The third kappa shape index (κ3) is 2.83. The van der Waals surface area contributed by atoms with Gasteiger partial charge in [-0.15, -0.1) is 5.10 Å². The van der Waals surface area contributed by atoms with Gasteiger partial charge in [-0.3, -0.25) is 9.99 Å². The lowest BCUT2D eigenvalue weighted by atomic mass is 10.4. The molecule has 0 atom stereocenters. The summed E-state index contributed by atoms with van der Waals surface area (Å²) < 4.78 is 1.39. The van der Waals surface area contributed by atoms with Gasteiger partial charge in [0.2, 0.25) is 17.1 Å². The Hall–Kier alpha value is -2.14. The van der Waals surface area contributed by atoms with E-state index in [4.69, 9.17) is 5.84 Å². The first kappa shape index (κ1) is 13.8. The fourth-order valence-corrected chi connectivity index (χ4v) is 2.75. The van der Waals surface area contributed by atoms with E-state index in [-0.39, 0.29) is 11.6 Å². The highest BCUT2D eigenvalue weighted by Gasteiger charge is 2.18. The Bertz CT molecular complexity index is 690. The van der Waals surface area contributed by atoms with E-state index in [0.717, 1.165) is 25.9 Å². The van der Waals surface area contributed by atoms with E-state index in [2.05, 4.69) is 35.5 Å². The van der Waals surface area contributed by atoms with Gasteiger partial charge < -0.3 is 4.90 Å². The first-order chi connectivity index (χ1) is 10.2. The second kappa shape index (κ2) is 5.69. The molecule has 1 saturated heterocycles. The zero-order valence-corrected chi connectivity index (χ0v) is 12.2. The van der Waals surface area contributed by atoms with Crippen LogP contribution in [0.15, 0.2) is 15.1 Å². The Morgan fingerprint density at radius 1 is 1.29 bits per heavy atom. The SMILES string of the molecule is Cn1c(Sc2nc(NN)nc(N3CCCC3)n2)n[nH]c1=O. The van der Waals surface area contributed by atoms with E-state index in [1.807, 2.05) is 0 Å². The zero-order chi connectivity index (χ0) is 14.8. The molecular formula is C10H15N9OS. The van der Waals surface area contributed by atoms with Crippen molar-refractivity contribution in [2.24, 2.45) is 12.9 Å². The van der Waals surface area contributed by atoms with Crippen molar-refractivity contribution in [2.75, 3.05) is 23.4 Å².